The summed E-state index contributed by atoms with van der Waals surface area (Å²) in [6.07, 6.45) is -8.60. The Hall–Kier alpha value is -0.820. The Morgan fingerprint density at radius 1 is 0.846 bits per heavy atom. The highest BCUT2D eigenvalue weighted by atomic mass is 19.3. The van der Waals surface area contributed by atoms with Crippen molar-refractivity contribution in [2.75, 3.05) is 0 Å². The Labute approximate surface area is 66.8 Å². The minimum atomic E-state index is -5.88. The molecule has 0 aliphatic heterocycles. The van der Waals surface area contributed by atoms with E-state index in [0.29, 0.717) is 0 Å². The van der Waals surface area contributed by atoms with Crippen LogP contribution in [0.1, 0.15) is 0 Å². The predicted octanol–water partition coefficient (Wildman–Crippen LogP) is 3.47. The second kappa shape index (κ2) is 3.51. The van der Waals surface area contributed by atoms with E-state index in [1.165, 1.54) is 0 Å². The van der Waals surface area contributed by atoms with Crippen LogP contribution < -0.4 is 0 Å². The molecule has 77 valence electrons. The van der Waals surface area contributed by atoms with Crippen LogP contribution in [0, 0.1) is 6.43 Å². The molecule has 0 aromatic carbocycles. The number of hydrogen-bond acceptors (Lipinski definition) is 0. The van der Waals surface area contributed by atoms with Gasteiger partial charge in [-0.2, -0.15) is 35.1 Å². The summed E-state index contributed by atoms with van der Waals surface area (Å²) in [6, 6.07) is 0. The summed E-state index contributed by atoms with van der Waals surface area (Å²) in [4.78, 5) is 0. The predicted molar refractivity (Wildman–Crippen MR) is 25.7 cm³/mol. The van der Waals surface area contributed by atoms with Gasteiger partial charge in [-0.25, -0.2) is 0 Å². The molecule has 0 aromatic heterocycles. The standard InChI is InChI=1S/C5HF8/c6-2(7)1-4(10,11)5(12,13)3(8)9/h1H. The van der Waals surface area contributed by atoms with Gasteiger partial charge in [-0.3, -0.25) is 0 Å². The third-order valence-corrected chi connectivity index (χ3v) is 0.946. The van der Waals surface area contributed by atoms with Crippen molar-refractivity contribution in [3.63, 3.8) is 0 Å². The van der Waals surface area contributed by atoms with Gasteiger partial charge in [-0.15, -0.1) is 0 Å². The van der Waals surface area contributed by atoms with Gasteiger partial charge >= 0.3 is 18.3 Å². The van der Waals surface area contributed by atoms with Gasteiger partial charge in [0.15, 0.2) is 0 Å². The highest BCUT2D eigenvalue weighted by Crippen LogP contribution is 2.44. The maximum absolute atomic E-state index is 11.9. The van der Waals surface area contributed by atoms with E-state index in [2.05, 4.69) is 0 Å². The van der Waals surface area contributed by atoms with Gasteiger partial charge in [-0.05, 0) is 0 Å². The lowest BCUT2D eigenvalue weighted by Gasteiger charge is -2.20. The van der Waals surface area contributed by atoms with E-state index < -0.39 is 30.4 Å². The fraction of sp³-hybridized carbons (Fsp3) is 0.400. The fourth-order valence-corrected chi connectivity index (χ4v) is 0.354. The van der Waals surface area contributed by atoms with Crippen LogP contribution in [0.3, 0.4) is 0 Å². The first kappa shape index (κ1) is 12.2. The van der Waals surface area contributed by atoms with Crippen molar-refractivity contribution < 1.29 is 35.1 Å². The molecule has 0 N–H and O–H groups in total. The summed E-state index contributed by atoms with van der Waals surface area (Å²) in [5.74, 6) is -11.5. The number of hydrogen-bond donors (Lipinski definition) is 0. The number of rotatable bonds is 3. The summed E-state index contributed by atoms with van der Waals surface area (Å²) in [7, 11) is 0. The lowest BCUT2D eigenvalue weighted by molar-refractivity contribution is -0.203. The van der Waals surface area contributed by atoms with Gasteiger partial charge in [0.05, 0.1) is 6.08 Å². The van der Waals surface area contributed by atoms with E-state index in [1.54, 1.807) is 0 Å². The zero-order valence-corrected chi connectivity index (χ0v) is 5.60. The Morgan fingerprint density at radius 3 is 1.46 bits per heavy atom. The molecule has 0 nitrogen and oxygen atoms in total. The molecule has 8 heteroatoms. The lowest BCUT2D eigenvalue weighted by atomic mass is 10.2. The topological polar surface area (TPSA) is 0 Å². The lowest BCUT2D eigenvalue weighted by Crippen LogP contribution is -2.41. The molecule has 0 aliphatic rings. The van der Waals surface area contributed by atoms with Crippen molar-refractivity contribution in [2.24, 2.45) is 0 Å². The molecule has 0 saturated carbocycles. The summed E-state index contributed by atoms with van der Waals surface area (Å²) < 4.78 is 91.9. The Bertz CT molecular complexity index is 201. The van der Waals surface area contributed by atoms with Gasteiger partial charge in [0.25, 0.3) is 6.08 Å². The summed E-state index contributed by atoms with van der Waals surface area (Å²) >= 11 is 0. The smallest absolute Gasteiger partial charge is 0.195 e. The zero-order valence-electron chi connectivity index (χ0n) is 5.60. The van der Waals surface area contributed by atoms with Crippen LogP contribution in [0.15, 0.2) is 12.2 Å². The van der Waals surface area contributed by atoms with E-state index >= 15 is 0 Å². The first-order valence-corrected chi connectivity index (χ1v) is 2.59. The summed E-state index contributed by atoms with van der Waals surface area (Å²) in [5, 5.41) is 0. The molecular formula is C5HF8. The average molecular weight is 213 g/mol. The van der Waals surface area contributed by atoms with Gasteiger partial charge in [0.2, 0.25) is 0 Å². The quantitative estimate of drug-likeness (QED) is 0.629. The molecule has 0 unspecified atom stereocenters. The van der Waals surface area contributed by atoms with Crippen LogP contribution >= 0.6 is 0 Å². The molecule has 0 rings (SSSR count). The first-order valence-electron chi connectivity index (χ1n) is 2.59. The molecular weight excluding hydrogens is 212 g/mol. The monoisotopic (exact) mass is 213 g/mol. The third kappa shape index (κ3) is 2.56. The van der Waals surface area contributed by atoms with Crippen molar-refractivity contribution >= 4 is 0 Å². The molecule has 0 amide bonds. The van der Waals surface area contributed by atoms with E-state index in [-0.39, 0.29) is 0 Å². The van der Waals surface area contributed by atoms with E-state index in [0.717, 1.165) is 0 Å². The Kier molecular flexibility index (Phi) is 3.28. The molecule has 0 aliphatic carbocycles. The van der Waals surface area contributed by atoms with Gasteiger partial charge < -0.3 is 0 Å². The van der Waals surface area contributed by atoms with Gasteiger partial charge in [0.1, 0.15) is 0 Å². The highest BCUT2D eigenvalue weighted by Gasteiger charge is 2.63. The fourth-order valence-electron chi connectivity index (χ4n) is 0.354. The minimum Gasteiger partial charge on any atom is -0.195 e. The van der Waals surface area contributed by atoms with Crippen molar-refractivity contribution in [3.8, 4) is 0 Å². The van der Waals surface area contributed by atoms with Crippen LogP contribution in [0.4, 0.5) is 35.1 Å². The summed E-state index contributed by atoms with van der Waals surface area (Å²) in [6.45, 7) is 0. The molecule has 1 radical (unpaired) electrons. The van der Waals surface area contributed by atoms with Crippen LogP contribution in [-0.2, 0) is 0 Å². The van der Waals surface area contributed by atoms with Crippen molar-refractivity contribution in [1.29, 1.82) is 0 Å². The van der Waals surface area contributed by atoms with Crippen molar-refractivity contribution in [2.45, 2.75) is 11.8 Å². The molecule has 0 spiro atoms. The molecule has 0 bridgehead atoms. The second-order valence-corrected chi connectivity index (χ2v) is 1.89. The Balaban J connectivity index is 4.92. The van der Waals surface area contributed by atoms with E-state index in [9.17, 15) is 35.1 Å². The van der Waals surface area contributed by atoms with Gasteiger partial charge in [0, 0.05) is 0 Å². The molecule has 0 fully saturated rings. The van der Waals surface area contributed by atoms with Crippen LogP contribution in [0.2, 0.25) is 0 Å². The number of alkyl halides is 4. The summed E-state index contributed by atoms with van der Waals surface area (Å²) in [5.41, 5.74) is 0. The maximum Gasteiger partial charge on any atom is 0.385 e. The first-order chi connectivity index (χ1) is 5.61. The number of allylic oxidation sites excluding steroid dienone is 1. The van der Waals surface area contributed by atoms with Crippen LogP contribution in [0.25, 0.3) is 0 Å². The van der Waals surface area contributed by atoms with E-state index in [4.69, 9.17) is 0 Å². The average Bonchev–Trinajstić information content (AvgIpc) is 1.83. The third-order valence-electron chi connectivity index (χ3n) is 0.946. The maximum atomic E-state index is 11.9. The van der Waals surface area contributed by atoms with Crippen molar-refractivity contribution in [3.05, 3.63) is 18.6 Å². The molecule has 13 heavy (non-hydrogen) atoms. The second-order valence-electron chi connectivity index (χ2n) is 1.89. The largest absolute Gasteiger partial charge is 0.385 e. The van der Waals surface area contributed by atoms with Crippen molar-refractivity contribution in [1.82, 2.24) is 0 Å². The molecule has 0 atom stereocenters. The zero-order chi connectivity index (χ0) is 10.9. The SMILES string of the molecule is F[C](F)C(F)(F)C(F)(F)C=C(F)F. The molecule has 0 heterocycles. The normalized spacial score (nSPS) is 13.3. The van der Waals surface area contributed by atoms with Crippen LogP contribution in [-0.4, -0.2) is 11.8 Å². The minimum absolute atomic E-state index is 1.52. The van der Waals surface area contributed by atoms with Gasteiger partial charge in [-0.1, -0.05) is 0 Å². The molecule has 0 saturated heterocycles. The Morgan fingerprint density at radius 2 is 1.23 bits per heavy atom. The van der Waals surface area contributed by atoms with E-state index in [1.807, 2.05) is 0 Å². The van der Waals surface area contributed by atoms with Crippen LogP contribution in [0.5, 0.6) is 0 Å². The molecule has 0 aromatic rings. The number of halogens is 8. The highest BCUT2D eigenvalue weighted by molar-refractivity contribution is 5.08.